The van der Waals surface area contributed by atoms with Gasteiger partial charge in [0, 0.05) is 25.0 Å². The average molecular weight is 267 g/mol. The van der Waals surface area contributed by atoms with Crippen molar-refractivity contribution in [3.63, 3.8) is 0 Å². The first-order chi connectivity index (χ1) is 8.70. The maximum Gasteiger partial charge on any atom is 0.129 e. The molecular formula is C13H12ClFN2O. The molecule has 0 saturated heterocycles. The number of rotatable bonds is 4. The fourth-order valence-electron chi connectivity index (χ4n) is 1.66. The molecule has 18 heavy (non-hydrogen) atoms. The van der Waals surface area contributed by atoms with Crippen LogP contribution in [0, 0.1) is 6.92 Å². The van der Waals surface area contributed by atoms with Crippen molar-refractivity contribution in [2.24, 2.45) is 0 Å². The molecule has 3 nitrogen and oxygen atoms in total. The van der Waals surface area contributed by atoms with Gasteiger partial charge in [-0.25, -0.2) is 9.37 Å². The Balaban J connectivity index is 2.22. The zero-order valence-electron chi connectivity index (χ0n) is 9.81. The van der Waals surface area contributed by atoms with Crippen LogP contribution in [0.5, 0.6) is 0 Å². The first-order valence-electron chi connectivity index (χ1n) is 5.39. The molecule has 0 bridgehead atoms. The molecule has 2 rings (SSSR count). The van der Waals surface area contributed by atoms with E-state index in [9.17, 15) is 4.39 Å². The zero-order chi connectivity index (χ0) is 13.0. The summed E-state index contributed by atoms with van der Waals surface area (Å²) >= 11 is 5.72. The summed E-state index contributed by atoms with van der Waals surface area (Å²) in [6.45, 7) is 2.32. The minimum absolute atomic E-state index is 0.436. The standard InChI is InChI=1S/C13H12ClFN2O/c1-10-12(4-7-18-10)17(6-5-15)9-11-2-3-13(14)16-8-11/h2-8H,9H2,1H3. The second-order valence-corrected chi connectivity index (χ2v) is 4.14. The van der Waals surface area contributed by atoms with E-state index in [1.54, 1.807) is 29.5 Å². The van der Waals surface area contributed by atoms with E-state index >= 15 is 0 Å². The molecule has 0 spiro atoms. The Morgan fingerprint density at radius 1 is 1.44 bits per heavy atom. The second-order valence-electron chi connectivity index (χ2n) is 3.75. The van der Waals surface area contributed by atoms with Crippen LogP contribution in [-0.2, 0) is 6.54 Å². The van der Waals surface area contributed by atoms with Gasteiger partial charge in [-0.15, -0.1) is 0 Å². The monoisotopic (exact) mass is 266 g/mol. The summed E-state index contributed by atoms with van der Waals surface area (Å²) in [6.07, 6.45) is 5.09. The topological polar surface area (TPSA) is 29.3 Å². The van der Waals surface area contributed by atoms with Crippen molar-refractivity contribution in [1.29, 1.82) is 0 Å². The fourth-order valence-corrected chi connectivity index (χ4v) is 1.77. The number of nitrogens with zero attached hydrogens (tertiary/aromatic N) is 2. The summed E-state index contributed by atoms with van der Waals surface area (Å²) in [5.41, 5.74) is 1.75. The highest BCUT2D eigenvalue weighted by Crippen LogP contribution is 2.23. The van der Waals surface area contributed by atoms with Crippen LogP contribution in [0.2, 0.25) is 5.15 Å². The summed E-state index contributed by atoms with van der Waals surface area (Å²) < 4.78 is 17.7. The quantitative estimate of drug-likeness (QED) is 0.781. The fraction of sp³-hybridized carbons (Fsp3) is 0.154. The number of hydrogen-bond acceptors (Lipinski definition) is 3. The lowest BCUT2D eigenvalue weighted by molar-refractivity contribution is 0.534. The molecule has 0 aliphatic heterocycles. The average Bonchev–Trinajstić information content (AvgIpc) is 2.78. The molecule has 0 amide bonds. The van der Waals surface area contributed by atoms with Gasteiger partial charge < -0.3 is 9.32 Å². The molecule has 2 aromatic heterocycles. The molecule has 0 aliphatic rings. The molecule has 0 aromatic carbocycles. The van der Waals surface area contributed by atoms with E-state index in [1.165, 1.54) is 6.20 Å². The number of anilines is 1. The molecule has 0 saturated carbocycles. The molecule has 2 aromatic rings. The van der Waals surface area contributed by atoms with E-state index in [1.807, 2.05) is 13.0 Å². The van der Waals surface area contributed by atoms with Crippen LogP contribution in [-0.4, -0.2) is 4.98 Å². The highest BCUT2D eigenvalue weighted by atomic mass is 35.5. The lowest BCUT2D eigenvalue weighted by atomic mass is 10.2. The molecule has 0 atom stereocenters. The summed E-state index contributed by atoms with van der Waals surface area (Å²) in [6, 6.07) is 5.35. The molecule has 2 heterocycles. The van der Waals surface area contributed by atoms with Gasteiger partial charge in [-0.1, -0.05) is 17.7 Å². The maximum absolute atomic E-state index is 12.4. The number of furan rings is 1. The number of hydrogen-bond donors (Lipinski definition) is 0. The van der Waals surface area contributed by atoms with Gasteiger partial charge in [0.15, 0.2) is 0 Å². The minimum Gasteiger partial charge on any atom is -0.467 e. The normalized spacial score (nSPS) is 11.1. The summed E-state index contributed by atoms with van der Waals surface area (Å²) in [5, 5.41) is 0.436. The first-order valence-corrected chi connectivity index (χ1v) is 5.76. The van der Waals surface area contributed by atoms with E-state index in [0.717, 1.165) is 17.0 Å². The van der Waals surface area contributed by atoms with Gasteiger partial charge in [0.25, 0.3) is 0 Å². The zero-order valence-corrected chi connectivity index (χ0v) is 10.6. The molecule has 94 valence electrons. The third kappa shape index (κ3) is 2.90. The van der Waals surface area contributed by atoms with Crippen LogP contribution in [0.25, 0.3) is 0 Å². The number of aromatic nitrogens is 1. The lowest BCUT2D eigenvalue weighted by Crippen LogP contribution is -2.15. The van der Waals surface area contributed by atoms with Crippen molar-refractivity contribution in [2.45, 2.75) is 13.5 Å². The van der Waals surface area contributed by atoms with Crippen molar-refractivity contribution >= 4 is 17.3 Å². The smallest absolute Gasteiger partial charge is 0.129 e. The van der Waals surface area contributed by atoms with E-state index < -0.39 is 0 Å². The Kier molecular flexibility index (Phi) is 3.99. The second kappa shape index (κ2) is 5.69. The van der Waals surface area contributed by atoms with Gasteiger partial charge in [0.2, 0.25) is 0 Å². The van der Waals surface area contributed by atoms with Crippen LogP contribution in [0.1, 0.15) is 11.3 Å². The van der Waals surface area contributed by atoms with Gasteiger partial charge in [-0.2, -0.15) is 0 Å². The Labute approximate surface area is 110 Å². The van der Waals surface area contributed by atoms with E-state index in [-0.39, 0.29) is 0 Å². The highest BCUT2D eigenvalue weighted by Gasteiger charge is 2.10. The third-order valence-corrected chi connectivity index (χ3v) is 2.74. The highest BCUT2D eigenvalue weighted by molar-refractivity contribution is 6.29. The Bertz CT molecular complexity index is 536. The van der Waals surface area contributed by atoms with Crippen molar-refractivity contribution in [2.75, 3.05) is 4.90 Å². The molecule has 0 radical (unpaired) electrons. The summed E-state index contributed by atoms with van der Waals surface area (Å²) in [5.74, 6) is 0.732. The third-order valence-electron chi connectivity index (χ3n) is 2.52. The summed E-state index contributed by atoms with van der Waals surface area (Å²) in [7, 11) is 0. The van der Waals surface area contributed by atoms with E-state index in [2.05, 4.69) is 4.98 Å². The Morgan fingerprint density at radius 3 is 2.83 bits per heavy atom. The predicted octanol–water partition coefficient (Wildman–Crippen LogP) is 4.08. The predicted molar refractivity (Wildman–Crippen MR) is 69.1 cm³/mol. The molecule has 0 fully saturated rings. The number of halogens is 2. The largest absolute Gasteiger partial charge is 0.467 e. The SMILES string of the molecule is Cc1occc1N(C=CF)Cc1ccc(Cl)nc1. The van der Waals surface area contributed by atoms with Crippen LogP contribution in [0.15, 0.2) is 47.6 Å². The molecule has 5 heteroatoms. The number of pyridine rings is 1. The van der Waals surface area contributed by atoms with Crippen molar-refractivity contribution in [3.8, 4) is 0 Å². The molecule has 0 unspecified atom stereocenters. The van der Waals surface area contributed by atoms with Crippen molar-refractivity contribution in [1.82, 2.24) is 4.98 Å². The van der Waals surface area contributed by atoms with Crippen LogP contribution in [0.3, 0.4) is 0 Å². The van der Waals surface area contributed by atoms with Crippen LogP contribution >= 0.6 is 11.6 Å². The Morgan fingerprint density at radius 2 is 2.28 bits per heavy atom. The van der Waals surface area contributed by atoms with Gasteiger partial charge in [0.05, 0.1) is 12.0 Å². The van der Waals surface area contributed by atoms with Crippen molar-refractivity contribution < 1.29 is 8.81 Å². The molecule has 0 N–H and O–H groups in total. The van der Waals surface area contributed by atoms with E-state index in [4.69, 9.17) is 16.0 Å². The van der Waals surface area contributed by atoms with E-state index in [0.29, 0.717) is 18.0 Å². The van der Waals surface area contributed by atoms with Gasteiger partial charge in [-0.05, 0) is 18.6 Å². The minimum atomic E-state index is 0.436. The molecular weight excluding hydrogens is 255 g/mol. The van der Waals surface area contributed by atoms with Gasteiger partial charge in [-0.3, -0.25) is 0 Å². The molecule has 0 aliphatic carbocycles. The maximum atomic E-state index is 12.4. The van der Waals surface area contributed by atoms with Gasteiger partial charge in [0.1, 0.15) is 17.2 Å². The van der Waals surface area contributed by atoms with Crippen molar-refractivity contribution in [3.05, 3.63) is 59.7 Å². The van der Waals surface area contributed by atoms with Crippen LogP contribution < -0.4 is 4.90 Å². The van der Waals surface area contributed by atoms with Gasteiger partial charge >= 0.3 is 0 Å². The Hall–Kier alpha value is -1.81. The first kappa shape index (κ1) is 12.6. The summed E-state index contributed by atoms with van der Waals surface area (Å²) in [4.78, 5) is 5.73. The van der Waals surface area contributed by atoms with Crippen LogP contribution in [0.4, 0.5) is 10.1 Å². The number of aryl methyl sites for hydroxylation is 1. The lowest BCUT2D eigenvalue weighted by Gasteiger charge is -2.18.